The van der Waals surface area contributed by atoms with E-state index in [1.54, 1.807) is 0 Å². The van der Waals surface area contributed by atoms with Gasteiger partial charge in [-0.25, -0.2) is 0 Å². The van der Waals surface area contributed by atoms with Gasteiger partial charge in [-0.1, -0.05) is 206 Å². The van der Waals surface area contributed by atoms with Crippen LogP contribution >= 0.6 is 0 Å². The maximum absolute atomic E-state index is 2.47. The van der Waals surface area contributed by atoms with Crippen molar-refractivity contribution >= 4 is 53.9 Å². The number of hydrogen-bond donors (Lipinski definition) is 0. The van der Waals surface area contributed by atoms with Gasteiger partial charge in [-0.2, -0.15) is 0 Å². The molecule has 56 heavy (non-hydrogen) atoms. The van der Waals surface area contributed by atoms with Crippen LogP contribution in [0.25, 0.3) is 109 Å². The molecule has 0 heteroatoms. The predicted molar refractivity (Wildman–Crippen MR) is 241 cm³/mol. The first kappa shape index (κ1) is 32.2. The summed E-state index contributed by atoms with van der Waals surface area (Å²) in [6.45, 7) is 0. The van der Waals surface area contributed by atoms with Crippen LogP contribution in [0.15, 0.2) is 218 Å². The van der Waals surface area contributed by atoms with Gasteiger partial charge in [-0.3, -0.25) is 0 Å². The van der Waals surface area contributed by atoms with E-state index in [2.05, 4.69) is 218 Å². The van der Waals surface area contributed by atoms with Crippen molar-refractivity contribution < 1.29 is 0 Å². The van der Waals surface area contributed by atoms with Gasteiger partial charge < -0.3 is 0 Å². The van der Waals surface area contributed by atoms with Crippen LogP contribution in [0.3, 0.4) is 0 Å². The minimum atomic E-state index is 1.20. The van der Waals surface area contributed by atoms with E-state index in [0.29, 0.717) is 0 Å². The first-order valence-corrected chi connectivity index (χ1v) is 19.4. The zero-order valence-electron chi connectivity index (χ0n) is 30.8. The second-order valence-corrected chi connectivity index (χ2v) is 14.7. The summed E-state index contributed by atoms with van der Waals surface area (Å²) < 4.78 is 0. The van der Waals surface area contributed by atoms with E-state index in [9.17, 15) is 0 Å². The molecule has 0 bridgehead atoms. The molecule has 0 radical (unpaired) electrons. The summed E-state index contributed by atoms with van der Waals surface area (Å²) in [6, 6.07) is 80.4. The molecule has 0 fully saturated rings. The monoisotopic (exact) mass is 708 g/mol. The van der Waals surface area contributed by atoms with Crippen LogP contribution in [-0.4, -0.2) is 0 Å². The Bertz CT molecular complexity index is 3230. The lowest BCUT2D eigenvalue weighted by Gasteiger charge is -2.21. The maximum Gasteiger partial charge on any atom is -0.00261 e. The number of hydrogen-bond acceptors (Lipinski definition) is 0. The third-order valence-corrected chi connectivity index (χ3v) is 11.7. The lowest BCUT2D eigenvalue weighted by Crippen LogP contribution is -1.94. The minimum Gasteiger partial charge on any atom is -0.0622 e. The van der Waals surface area contributed by atoms with Crippen molar-refractivity contribution in [3.05, 3.63) is 218 Å². The summed E-state index contributed by atoms with van der Waals surface area (Å²) in [7, 11) is 0. The Hall–Kier alpha value is -7.28. The third-order valence-electron chi connectivity index (χ3n) is 11.7. The molecule has 11 aromatic rings. The maximum atomic E-state index is 2.47. The lowest BCUT2D eigenvalue weighted by molar-refractivity contribution is 1.58. The summed E-state index contributed by atoms with van der Waals surface area (Å²) in [5, 5.41) is 12.6. The van der Waals surface area contributed by atoms with Crippen LogP contribution in [0.5, 0.6) is 0 Å². The highest BCUT2D eigenvalue weighted by atomic mass is 14.2. The van der Waals surface area contributed by atoms with Gasteiger partial charge in [0.25, 0.3) is 0 Å². The largest absolute Gasteiger partial charge is 0.0622 e. The average Bonchev–Trinajstić information content (AvgIpc) is 3.28. The molecule has 0 heterocycles. The highest BCUT2D eigenvalue weighted by Gasteiger charge is 2.21. The number of benzene rings is 11. The van der Waals surface area contributed by atoms with Gasteiger partial charge in [0.15, 0.2) is 0 Å². The molecule has 0 aliphatic carbocycles. The van der Waals surface area contributed by atoms with E-state index in [1.807, 2.05) is 0 Å². The summed E-state index contributed by atoms with van der Waals surface area (Å²) >= 11 is 0. The highest BCUT2D eigenvalue weighted by Crippen LogP contribution is 2.48. The van der Waals surface area contributed by atoms with Gasteiger partial charge in [-0.15, -0.1) is 0 Å². The fourth-order valence-electron chi connectivity index (χ4n) is 9.20. The molecule has 0 amide bonds. The topological polar surface area (TPSA) is 0 Å². The molecular formula is C56H36. The fraction of sp³-hybridized carbons (Fsp3) is 0. The molecule has 0 nitrogen and oxygen atoms in total. The van der Waals surface area contributed by atoms with Gasteiger partial charge >= 0.3 is 0 Å². The SMILES string of the molecule is c1ccc(-c2c3ccccc3c(-c3ccc(-c4cccc5ccccc45)c(-c4ccccc4-c4cc5ccccc5c5ccccc45)c3)c3ccccc23)cc1. The molecule has 11 rings (SSSR count). The number of rotatable bonds is 5. The summed E-state index contributed by atoms with van der Waals surface area (Å²) in [5.74, 6) is 0. The molecule has 0 saturated carbocycles. The van der Waals surface area contributed by atoms with Crippen LogP contribution in [0.2, 0.25) is 0 Å². The van der Waals surface area contributed by atoms with Crippen molar-refractivity contribution in [1.82, 2.24) is 0 Å². The van der Waals surface area contributed by atoms with Gasteiger partial charge in [0, 0.05) is 0 Å². The molecule has 11 aromatic carbocycles. The smallest absolute Gasteiger partial charge is 0.00261 e. The Morgan fingerprint density at radius 1 is 0.179 bits per heavy atom. The average molecular weight is 709 g/mol. The van der Waals surface area contributed by atoms with Crippen molar-refractivity contribution in [3.63, 3.8) is 0 Å². The molecular weight excluding hydrogens is 673 g/mol. The van der Waals surface area contributed by atoms with Crippen LogP contribution in [0.4, 0.5) is 0 Å². The molecule has 0 N–H and O–H groups in total. The van der Waals surface area contributed by atoms with E-state index in [4.69, 9.17) is 0 Å². The molecule has 0 aliphatic rings. The van der Waals surface area contributed by atoms with Crippen LogP contribution in [0.1, 0.15) is 0 Å². The molecule has 0 saturated heterocycles. The van der Waals surface area contributed by atoms with Crippen molar-refractivity contribution in [2.24, 2.45) is 0 Å². The van der Waals surface area contributed by atoms with E-state index < -0.39 is 0 Å². The van der Waals surface area contributed by atoms with Crippen molar-refractivity contribution in [2.75, 3.05) is 0 Å². The van der Waals surface area contributed by atoms with E-state index in [1.165, 1.54) is 109 Å². The van der Waals surface area contributed by atoms with Gasteiger partial charge in [-0.05, 0) is 122 Å². The molecule has 0 aromatic heterocycles. The fourth-order valence-corrected chi connectivity index (χ4v) is 9.20. The Balaban J connectivity index is 1.24. The van der Waals surface area contributed by atoms with Gasteiger partial charge in [0.1, 0.15) is 0 Å². The Kier molecular flexibility index (Phi) is 7.60. The predicted octanol–water partition coefficient (Wildman–Crippen LogP) is 15.8. The van der Waals surface area contributed by atoms with Crippen molar-refractivity contribution in [2.45, 2.75) is 0 Å². The second kappa shape index (κ2) is 13.2. The molecule has 0 unspecified atom stereocenters. The van der Waals surface area contributed by atoms with Crippen molar-refractivity contribution in [3.8, 4) is 55.6 Å². The van der Waals surface area contributed by atoms with E-state index in [-0.39, 0.29) is 0 Å². The summed E-state index contributed by atoms with van der Waals surface area (Å²) in [4.78, 5) is 0. The van der Waals surface area contributed by atoms with E-state index in [0.717, 1.165) is 0 Å². The first-order chi connectivity index (χ1) is 27.8. The molecule has 0 spiro atoms. The minimum absolute atomic E-state index is 1.20. The van der Waals surface area contributed by atoms with Crippen LogP contribution in [0, 0.1) is 0 Å². The van der Waals surface area contributed by atoms with Crippen LogP contribution in [-0.2, 0) is 0 Å². The zero-order chi connectivity index (χ0) is 37.0. The molecule has 260 valence electrons. The molecule has 0 aliphatic heterocycles. The summed E-state index contributed by atoms with van der Waals surface area (Å²) in [5.41, 5.74) is 12.3. The third kappa shape index (κ3) is 5.15. The van der Waals surface area contributed by atoms with Crippen molar-refractivity contribution in [1.29, 1.82) is 0 Å². The lowest BCUT2D eigenvalue weighted by atomic mass is 9.82. The Morgan fingerprint density at radius 2 is 0.625 bits per heavy atom. The van der Waals surface area contributed by atoms with Gasteiger partial charge in [0.2, 0.25) is 0 Å². The Labute approximate surface area is 326 Å². The normalized spacial score (nSPS) is 11.6. The standard InChI is InChI=1S/C56H36/c1-2-18-38(19-3-1)55-49-28-12-14-30-51(49)56(52-31-15-13-29-50(52)55)40-33-34-48(44-32-16-21-37-17-4-6-22-41(37)44)54(36-40)47-27-11-10-26-46(47)53-35-39-20-5-7-23-42(39)43-24-8-9-25-45(43)53/h1-36H. The second-order valence-electron chi connectivity index (χ2n) is 14.7. The zero-order valence-corrected chi connectivity index (χ0v) is 30.8. The van der Waals surface area contributed by atoms with Gasteiger partial charge in [0.05, 0.1) is 0 Å². The quantitative estimate of drug-likeness (QED) is 0.123. The molecule has 0 atom stereocenters. The van der Waals surface area contributed by atoms with E-state index >= 15 is 0 Å². The van der Waals surface area contributed by atoms with Crippen LogP contribution < -0.4 is 0 Å². The Morgan fingerprint density at radius 3 is 1.30 bits per heavy atom. The highest BCUT2D eigenvalue weighted by molar-refractivity contribution is 6.22. The first-order valence-electron chi connectivity index (χ1n) is 19.4. The summed E-state index contributed by atoms with van der Waals surface area (Å²) in [6.07, 6.45) is 0. The number of fused-ring (bicyclic) bond motifs is 6.